The lowest BCUT2D eigenvalue weighted by Crippen LogP contribution is -2.41. The monoisotopic (exact) mass is 360 g/mol. The van der Waals surface area contributed by atoms with Gasteiger partial charge in [0.1, 0.15) is 11.5 Å². The van der Waals surface area contributed by atoms with Crippen molar-refractivity contribution in [2.24, 2.45) is 0 Å². The molecule has 2 aliphatic carbocycles. The Morgan fingerprint density at radius 1 is 0.667 bits per heavy atom. The SMILES string of the molecule is O=C1C=C2OC3=CC(=O)C(=O)C=C3C3(OC(=O)c4ccccc43)C2=CC1=O. The molecule has 0 bridgehead atoms. The highest BCUT2D eigenvalue weighted by molar-refractivity contribution is 6.48. The Labute approximate surface area is 151 Å². The molecule has 0 amide bonds. The number of esters is 1. The van der Waals surface area contributed by atoms with Crippen molar-refractivity contribution < 1.29 is 33.4 Å². The summed E-state index contributed by atoms with van der Waals surface area (Å²) in [4.78, 5) is 60.2. The van der Waals surface area contributed by atoms with Crippen molar-refractivity contribution in [3.8, 4) is 0 Å². The summed E-state index contributed by atoms with van der Waals surface area (Å²) in [7, 11) is 0. The molecule has 2 heterocycles. The van der Waals surface area contributed by atoms with Crippen LogP contribution in [-0.4, -0.2) is 29.1 Å². The van der Waals surface area contributed by atoms with Gasteiger partial charge < -0.3 is 9.47 Å². The summed E-state index contributed by atoms with van der Waals surface area (Å²) < 4.78 is 11.3. The summed E-state index contributed by atoms with van der Waals surface area (Å²) in [6.45, 7) is 0. The van der Waals surface area contributed by atoms with Gasteiger partial charge in [-0.25, -0.2) is 4.79 Å². The molecule has 1 fully saturated rings. The van der Waals surface area contributed by atoms with Gasteiger partial charge in [-0.1, -0.05) is 18.2 Å². The van der Waals surface area contributed by atoms with Gasteiger partial charge in [-0.05, 0) is 6.07 Å². The van der Waals surface area contributed by atoms with Gasteiger partial charge in [-0.2, -0.15) is 0 Å². The van der Waals surface area contributed by atoms with Crippen LogP contribution in [-0.2, 0) is 34.3 Å². The van der Waals surface area contributed by atoms with Crippen molar-refractivity contribution in [1.82, 2.24) is 0 Å². The van der Waals surface area contributed by atoms with Crippen molar-refractivity contribution in [1.29, 1.82) is 0 Å². The predicted octanol–water partition coefficient (Wildman–Crippen LogP) is 1.01. The lowest BCUT2D eigenvalue weighted by Gasteiger charge is -2.41. The van der Waals surface area contributed by atoms with Gasteiger partial charge >= 0.3 is 5.97 Å². The van der Waals surface area contributed by atoms with Crippen molar-refractivity contribution in [3.05, 3.63) is 82.4 Å². The number of benzene rings is 1. The standard InChI is InChI=1S/C20H8O7/c21-13-5-11-17(7-15(13)23)26-18-8-16(24)14(22)6-12(18)20(11)10-4-2-1-3-9(10)19(25)27-20/h1-8H. The zero-order valence-electron chi connectivity index (χ0n) is 13.5. The normalized spacial score (nSPS) is 22.0. The Morgan fingerprint density at radius 2 is 1.19 bits per heavy atom. The molecule has 1 saturated heterocycles. The van der Waals surface area contributed by atoms with E-state index in [2.05, 4.69) is 0 Å². The van der Waals surface area contributed by atoms with Crippen LogP contribution in [0.3, 0.4) is 0 Å². The molecule has 4 aliphatic rings. The van der Waals surface area contributed by atoms with Gasteiger partial charge in [0.2, 0.25) is 23.1 Å². The highest BCUT2D eigenvalue weighted by Crippen LogP contribution is 2.56. The number of allylic oxidation sites excluding steroid dienone is 4. The summed E-state index contributed by atoms with van der Waals surface area (Å²) in [5.41, 5.74) is -0.714. The van der Waals surface area contributed by atoms with Crippen LogP contribution >= 0.6 is 0 Å². The molecular formula is C20H8O7. The second-order valence-corrected chi connectivity index (χ2v) is 6.31. The number of ether oxygens (including phenoxy) is 2. The fourth-order valence-electron chi connectivity index (χ4n) is 3.68. The highest BCUT2D eigenvalue weighted by Gasteiger charge is 2.58. The number of hydrogen-bond donors (Lipinski definition) is 0. The van der Waals surface area contributed by atoms with Crippen LogP contribution in [0.15, 0.2) is 71.2 Å². The van der Waals surface area contributed by atoms with E-state index in [1.807, 2.05) is 0 Å². The molecule has 1 aromatic carbocycles. The zero-order valence-corrected chi connectivity index (χ0v) is 13.5. The largest absolute Gasteiger partial charge is 0.456 e. The molecule has 0 saturated carbocycles. The van der Waals surface area contributed by atoms with Gasteiger partial charge in [0, 0.05) is 29.9 Å². The molecular weight excluding hydrogens is 352 g/mol. The third kappa shape index (κ3) is 1.82. The number of carbonyl (C=O) groups is 5. The van der Waals surface area contributed by atoms with Crippen molar-refractivity contribution >= 4 is 29.1 Å². The first-order chi connectivity index (χ1) is 12.9. The van der Waals surface area contributed by atoms with E-state index in [9.17, 15) is 24.0 Å². The quantitative estimate of drug-likeness (QED) is 0.386. The number of carbonyl (C=O) groups excluding carboxylic acids is 5. The van der Waals surface area contributed by atoms with E-state index in [4.69, 9.17) is 9.47 Å². The maximum Gasteiger partial charge on any atom is 0.340 e. The molecule has 5 rings (SSSR count). The summed E-state index contributed by atoms with van der Waals surface area (Å²) in [6, 6.07) is 6.52. The Kier molecular flexibility index (Phi) is 2.77. The zero-order chi connectivity index (χ0) is 18.9. The fourth-order valence-corrected chi connectivity index (χ4v) is 3.68. The summed E-state index contributed by atoms with van der Waals surface area (Å²) >= 11 is 0. The van der Waals surface area contributed by atoms with Gasteiger partial charge in [-0.3, -0.25) is 19.2 Å². The first-order valence-electron chi connectivity index (χ1n) is 7.97. The molecule has 1 spiro atoms. The average molecular weight is 360 g/mol. The van der Waals surface area contributed by atoms with E-state index < -0.39 is 34.7 Å². The number of hydrogen-bond acceptors (Lipinski definition) is 7. The van der Waals surface area contributed by atoms with Crippen LogP contribution < -0.4 is 0 Å². The Balaban J connectivity index is 1.88. The fraction of sp³-hybridized carbons (Fsp3) is 0.0500. The van der Waals surface area contributed by atoms with Gasteiger partial charge in [0.05, 0.1) is 16.7 Å². The average Bonchev–Trinajstić information content (AvgIpc) is 2.93. The van der Waals surface area contributed by atoms with Crippen LogP contribution in [0, 0.1) is 0 Å². The molecule has 130 valence electrons. The second kappa shape index (κ2) is 4.85. The lowest BCUT2D eigenvalue weighted by atomic mass is 9.72. The number of rotatable bonds is 0. The van der Waals surface area contributed by atoms with Gasteiger partial charge in [0.25, 0.3) is 0 Å². The van der Waals surface area contributed by atoms with Crippen LogP contribution in [0.4, 0.5) is 0 Å². The molecule has 27 heavy (non-hydrogen) atoms. The Morgan fingerprint density at radius 3 is 1.78 bits per heavy atom. The summed E-state index contributed by atoms with van der Waals surface area (Å²) in [5.74, 6) is -3.86. The first-order valence-corrected chi connectivity index (χ1v) is 7.97. The minimum Gasteiger partial charge on any atom is -0.456 e. The van der Waals surface area contributed by atoms with E-state index in [0.29, 0.717) is 5.56 Å². The smallest absolute Gasteiger partial charge is 0.340 e. The van der Waals surface area contributed by atoms with E-state index in [1.165, 1.54) is 0 Å². The molecule has 7 nitrogen and oxygen atoms in total. The van der Waals surface area contributed by atoms with Crippen molar-refractivity contribution in [3.63, 3.8) is 0 Å². The van der Waals surface area contributed by atoms with Crippen LogP contribution in [0.25, 0.3) is 0 Å². The number of fused-ring (bicyclic) bond motifs is 6. The Bertz CT molecular complexity index is 1100. The topological polar surface area (TPSA) is 104 Å². The third-order valence-corrected chi connectivity index (χ3v) is 4.84. The minimum absolute atomic E-state index is 0.00495. The van der Waals surface area contributed by atoms with Gasteiger partial charge in [0.15, 0.2) is 5.60 Å². The molecule has 0 aromatic heterocycles. The molecule has 7 heteroatoms. The molecule has 0 N–H and O–H groups in total. The lowest BCUT2D eigenvalue weighted by molar-refractivity contribution is -0.131. The van der Waals surface area contributed by atoms with Crippen LogP contribution in [0.1, 0.15) is 15.9 Å². The van der Waals surface area contributed by atoms with Gasteiger partial charge in [-0.15, -0.1) is 0 Å². The highest BCUT2D eigenvalue weighted by atomic mass is 16.6. The summed E-state index contributed by atoms with van der Waals surface area (Å²) in [6.07, 6.45) is 4.08. The number of ketones is 4. The predicted molar refractivity (Wildman–Crippen MR) is 87.0 cm³/mol. The van der Waals surface area contributed by atoms with E-state index >= 15 is 0 Å². The van der Waals surface area contributed by atoms with Crippen LogP contribution in [0.2, 0.25) is 0 Å². The first kappa shape index (κ1) is 15.4. The maximum absolute atomic E-state index is 12.5. The van der Waals surface area contributed by atoms with E-state index in [1.54, 1.807) is 24.3 Å². The van der Waals surface area contributed by atoms with Crippen LogP contribution in [0.5, 0.6) is 0 Å². The maximum atomic E-state index is 12.5. The second-order valence-electron chi connectivity index (χ2n) is 6.31. The van der Waals surface area contributed by atoms with Crippen molar-refractivity contribution in [2.45, 2.75) is 5.60 Å². The van der Waals surface area contributed by atoms with E-state index in [0.717, 1.165) is 24.3 Å². The minimum atomic E-state index is -1.64. The molecule has 0 radical (unpaired) electrons. The third-order valence-electron chi connectivity index (χ3n) is 4.84. The van der Waals surface area contributed by atoms with E-state index in [-0.39, 0.29) is 28.2 Å². The molecule has 1 aromatic rings. The molecule has 0 unspecified atom stereocenters. The molecule has 0 atom stereocenters. The summed E-state index contributed by atoms with van der Waals surface area (Å²) in [5, 5.41) is 0. The Hall–Kier alpha value is -3.87. The molecule has 2 aliphatic heterocycles. The van der Waals surface area contributed by atoms with Crippen molar-refractivity contribution in [2.75, 3.05) is 0 Å².